The lowest BCUT2D eigenvalue weighted by molar-refractivity contribution is -0.140. The van der Waals surface area contributed by atoms with Crippen LogP contribution in [0.15, 0.2) is 53.0 Å². The molecular formula is C21H25BrN2O2. The van der Waals surface area contributed by atoms with Crippen LogP contribution in [0.25, 0.3) is 0 Å². The van der Waals surface area contributed by atoms with Gasteiger partial charge in [-0.1, -0.05) is 57.9 Å². The van der Waals surface area contributed by atoms with Gasteiger partial charge in [-0.05, 0) is 44.0 Å². The van der Waals surface area contributed by atoms with Crippen molar-refractivity contribution in [3.05, 3.63) is 69.7 Å². The molecule has 0 saturated heterocycles. The van der Waals surface area contributed by atoms with Gasteiger partial charge in [-0.2, -0.15) is 0 Å². The molecule has 1 N–H and O–H groups in total. The highest BCUT2D eigenvalue weighted by Gasteiger charge is 2.25. The van der Waals surface area contributed by atoms with E-state index in [2.05, 4.69) is 21.2 Å². The van der Waals surface area contributed by atoms with Gasteiger partial charge in [-0.15, -0.1) is 0 Å². The van der Waals surface area contributed by atoms with Gasteiger partial charge in [0.05, 0.1) is 6.42 Å². The van der Waals surface area contributed by atoms with Crippen molar-refractivity contribution < 1.29 is 9.59 Å². The molecule has 0 radical (unpaired) electrons. The van der Waals surface area contributed by atoms with Crippen LogP contribution in [-0.4, -0.2) is 29.3 Å². The Kier molecular flexibility index (Phi) is 7.39. The highest BCUT2D eigenvalue weighted by Crippen LogP contribution is 2.16. The molecule has 2 rings (SSSR count). The van der Waals surface area contributed by atoms with Crippen LogP contribution in [0.1, 0.15) is 30.5 Å². The van der Waals surface area contributed by atoms with Gasteiger partial charge in [0, 0.05) is 17.6 Å². The van der Waals surface area contributed by atoms with Crippen molar-refractivity contribution in [2.45, 2.75) is 39.8 Å². The fourth-order valence-corrected chi connectivity index (χ4v) is 3.05. The Balaban J connectivity index is 2.21. The number of amides is 2. The number of rotatable bonds is 7. The number of aryl methyl sites for hydroxylation is 1. The van der Waals surface area contributed by atoms with E-state index in [1.165, 1.54) is 0 Å². The molecule has 4 nitrogen and oxygen atoms in total. The van der Waals surface area contributed by atoms with E-state index in [0.717, 1.165) is 21.2 Å². The molecule has 0 fully saturated rings. The van der Waals surface area contributed by atoms with Gasteiger partial charge < -0.3 is 10.2 Å². The van der Waals surface area contributed by atoms with Gasteiger partial charge in [-0.25, -0.2) is 0 Å². The number of likely N-dealkylation sites (N-methyl/N-ethyl adjacent to an activating group) is 1. The summed E-state index contributed by atoms with van der Waals surface area (Å²) in [6, 6.07) is 15.2. The molecule has 0 bridgehead atoms. The highest BCUT2D eigenvalue weighted by molar-refractivity contribution is 9.10. The Morgan fingerprint density at radius 2 is 1.81 bits per heavy atom. The first-order valence-corrected chi connectivity index (χ1v) is 9.57. The molecule has 0 aromatic heterocycles. The lowest BCUT2D eigenvalue weighted by atomic mass is 10.1. The van der Waals surface area contributed by atoms with Crippen LogP contribution in [-0.2, 0) is 22.6 Å². The second kappa shape index (κ2) is 9.53. The number of benzene rings is 2. The third-order valence-corrected chi connectivity index (χ3v) is 4.75. The zero-order valence-electron chi connectivity index (χ0n) is 15.5. The van der Waals surface area contributed by atoms with E-state index in [-0.39, 0.29) is 18.2 Å². The van der Waals surface area contributed by atoms with Crippen molar-refractivity contribution in [1.29, 1.82) is 0 Å². The molecule has 2 aromatic carbocycles. The summed E-state index contributed by atoms with van der Waals surface area (Å²) in [5.41, 5.74) is 3.06. The van der Waals surface area contributed by atoms with Crippen LogP contribution in [0.4, 0.5) is 0 Å². The van der Waals surface area contributed by atoms with Crippen molar-refractivity contribution >= 4 is 27.7 Å². The SMILES string of the molecule is CCNC(=O)C(C)N(Cc1ccc(Br)cc1)C(=O)Cc1cccc(C)c1. The van der Waals surface area contributed by atoms with E-state index in [0.29, 0.717) is 13.1 Å². The smallest absolute Gasteiger partial charge is 0.242 e. The second-order valence-corrected chi connectivity index (χ2v) is 7.30. The quantitative estimate of drug-likeness (QED) is 0.744. The third kappa shape index (κ3) is 5.70. The highest BCUT2D eigenvalue weighted by atomic mass is 79.9. The van der Waals surface area contributed by atoms with E-state index in [1.807, 2.05) is 62.4 Å². The minimum absolute atomic E-state index is 0.0581. The Labute approximate surface area is 163 Å². The maximum absolute atomic E-state index is 13.0. The van der Waals surface area contributed by atoms with Crippen molar-refractivity contribution in [1.82, 2.24) is 10.2 Å². The Morgan fingerprint density at radius 3 is 2.42 bits per heavy atom. The number of nitrogens with one attached hydrogen (secondary N) is 1. The van der Waals surface area contributed by atoms with Crippen molar-refractivity contribution in [2.75, 3.05) is 6.54 Å². The molecule has 0 spiro atoms. The third-order valence-electron chi connectivity index (χ3n) is 4.22. The molecule has 0 heterocycles. The lowest BCUT2D eigenvalue weighted by Crippen LogP contribution is -2.48. The van der Waals surface area contributed by atoms with E-state index < -0.39 is 6.04 Å². The van der Waals surface area contributed by atoms with Crippen molar-refractivity contribution in [2.24, 2.45) is 0 Å². The molecule has 5 heteroatoms. The summed E-state index contributed by atoms with van der Waals surface area (Å²) in [7, 11) is 0. The van der Waals surface area contributed by atoms with E-state index >= 15 is 0 Å². The average Bonchev–Trinajstić information content (AvgIpc) is 2.60. The molecule has 1 unspecified atom stereocenters. The molecule has 1 atom stereocenters. The zero-order chi connectivity index (χ0) is 19.1. The zero-order valence-corrected chi connectivity index (χ0v) is 17.0. The normalized spacial score (nSPS) is 11.7. The molecule has 0 aliphatic carbocycles. The largest absolute Gasteiger partial charge is 0.355 e. The van der Waals surface area contributed by atoms with Crippen molar-refractivity contribution in [3.63, 3.8) is 0 Å². The van der Waals surface area contributed by atoms with Gasteiger partial charge in [0.1, 0.15) is 6.04 Å². The van der Waals surface area contributed by atoms with Gasteiger partial charge in [0.25, 0.3) is 0 Å². The van der Waals surface area contributed by atoms with Crippen molar-refractivity contribution in [3.8, 4) is 0 Å². The summed E-state index contributed by atoms with van der Waals surface area (Å²) >= 11 is 3.42. The minimum atomic E-state index is -0.532. The van der Waals surface area contributed by atoms with E-state index in [4.69, 9.17) is 0 Å². The average molecular weight is 417 g/mol. The first kappa shape index (κ1) is 20.2. The van der Waals surface area contributed by atoms with Crippen LogP contribution in [0, 0.1) is 6.92 Å². The molecule has 2 aromatic rings. The first-order chi connectivity index (χ1) is 12.4. The summed E-state index contributed by atoms with van der Waals surface area (Å²) < 4.78 is 0.982. The Hall–Kier alpha value is -2.14. The molecule has 0 aliphatic heterocycles. The lowest BCUT2D eigenvalue weighted by Gasteiger charge is -2.29. The van der Waals surface area contributed by atoms with Gasteiger partial charge in [-0.3, -0.25) is 9.59 Å². The number of halogens is 1. The standard InChI is InChI=1S/C21H25BrN2O2/c1-4-23-21(26)16(3)24(14-17-8-10-19(22)11-9-17)20(25)13-18-7-5-6-15(2)12-18/h5-12,16H,4,13-14H2,1-3H3,(H,23,26). The Bertz CT molecular complexity index is 759. The summed E-state index contributed by atoms with van der Waals surface area (Å²) in [6.07, 6.45) is 0.280. The van der Waals surface area contributed by atoms with Gasteiger partial charge in [0.15, 0.2) is 0 Å². The topological polar surface area (TPSA) is 49.4 Å². The molecule has 26 heavy (non-hydrogen) atoms. The van der Waals surface area contributed by atoms with Crippen LogP contribution in [0.3, 0.4) is 0 Å². The summed E-state index contributed by atoms with van der Waals surface area (Å²) in [6.45, 7) is 6.60. The monoisotopic (exact) mass is 416 g/mol. The minimum Gasteiger partial charge on any atom is -0.355 e. The van der Waals surface area contributed by atoms with Crippen LogP contribution >= 0.6 is 15.9 Å². The summed E-state index contributed by atoms with van der Waals surface area (Å²) in [4.78, 5) is 27.0. The predicted octanol–water partition coefficient (Wildman–Crippen LogP) is 3.85. The molecule has 138 valence electrons. The number of hydrogen-bond donors (Lipinski definition) is 1. The fourth-order valence-electron chi connectivity index (χ4n) is 2.79. The first-order valence-electron chi connectivity index (χ1n) is 8.78. The Morgan fingerprint density at radius 1 is 1.12 bits per heavy atom. The number of carbonyl (C=O) groups excluding carboxylic acids is 2. The second-order valence-electron chi connectivity index (χ2n) is 6.38. The summed E-state index contributed by atoms with van der Waals surface area (Å²) in [5, 5.41) is 2.81. The number of nitrogens with zero attached hydrogens (tertiary/aromatic N) is 1. The van der Waals surface area contributed by atoms with E-state index in [1.54, 1.807) is 11.8 Å². The molecular weight excluding hydrogens is 392 g/mol. The summed E-state index contributed by atoms with van der Waals surface area (Å²) in [5.74, 6) is -0.195. The van der Waals surface area contributed by atoms with Crippen LogP contribution < -0.4 is 5.32 Å². The molecule has 0 saturated carbocycles. The predicted molar refractivity (Wildman–Crippen MR) is 108 cm³/mol. The number of carbonyl (C=O) groups is 2. The van der Waals surface area contributed by atoms with Gasteiger partial charge in [0.2, 0.25) is 11.8 Å². The molecule has 2 amide bonds. The fraction of sp³-hybridized carbons (Fsp3) is 0.333. The van der Waals surface area contributed by atoms with Gasteiger partial charge >= 0.3 is 0 Å². The maximum atomic E-state index is 13.0. The maximum Gasteiger partial charge on any atom is 0.242 e. The van der Waals surface area contributed by atoms with Crippen LogP contribution in [0.2, 0.25) is 0 Å². The van der Waals surface area contributed by atoms with E-state index in [9.17, 15) is 9.59 Å². The van der Waals surface area contributed by atoms with Crippen LogP contribution in [0.5, 0.6) is 0 Å². The number of hydrogen-bond acceptors (Lipinski definition) is 2. The molecule has 0 aliphatic rings.